The molecule has 0 nitrogen and oxygen atoms in total. The summed E-state index contributed by atoms with van der Waals surface area (Å²) in [5.74, 6) is 1.38. The first-order chi connectivity index (χ1) is 3.93. The maximum Gasteiger partial charge on any atom is 0.0159 e. The second-order valence-corrected chi connectivity index (χ2v) is 4.91. The van der Waals surface area contributed by atoms with Crippen LogP contribution in [0.3, 0.4) is 0 Å². The van der Waals surface area contributed by atoms with E-state index in [2.05, 4.69) is 17.7 Å². The Morgan fingerprint density at radius 3 is 3.00 bits per heavy atom. The Labute approximate surface area is 59.2 Å². The maximum atomic E-state index is 2.27. The van der Waals surface area contributed by atoms with E-state index in [1.54, 1.807) is 0 Å². The lowest BCUT2D eigenvalue weighted by Crippen LogP contribution is -1.94. The van der Waals surface area contributed by atoms with Crippen molar-refractivity contribution in [3.63, 3.8) is 0 Å². The van der Waals surface area contributed by atoms with Gasteiger partial charge in [-0.05, 0) is 12.8 Å². The average Bonchev–Trinajstić information content (AvgIpc) is 2.19. The van der Waals surface area contributed by atoms with Crippen LogP contribution in [0.25, 0.3) is 0 Å². The van der Waals surface area contributed by atoms with Crippen LogP contribution < -0.4 is 0 Å². The summed E-state index contributed by atoms with van der Waals surface area (Å²) in [5.41, 5.74) is 0. The van der Waals surface area contributed by atoms with Crippen molar-refractivity contribution in [1.82, 2.24) is 0 Å². The molecular formula is C6H12S2. The molecule has 1 heterocycles. The fraction of sp³-hybridized carbons (Fsp3) is 1.00. The van der Waals surface area contributed by atoms with Crippen molar-refractivity contribution in [2.75, 3.05) is 5.75 Å². The van der Waals surface area contributed by atoms with Crippen LogP contribution in [0.15, 0.2) is 0 Å². The summed E-state index contributed by atoms with van der Waals surface area (Å²) in [6.07, 6.45) is 4.24. The first-order valence-corrected chi connectivity index (χ1v) is 5.60. The first-order valence-electron chi connectivity index (χ1n) is 3.21. The molecule has 1 fully saturated rings. The lowest BCUT2D eigenvalue weighted by atomic mass is 10.2. The quantitative estimate of drug-likeness (QED) is 0.552. The summed E-state index contributed by atoms with van der Waals surface area (Å²) < 4.78 is 0. The molecule has 0 aromatic heterocycles. The third-order valence-corrected chi connectivity index (χ3v) is 4.34. The molecule has 0 amide bonds. The highest BCUT2D eigenvalue weighted by atomic mass is 33.1. The van der Waals surface area contributed by atoms with Gasteiger partial charge in [-0.15, -0.1) is 0 Å². The van der Waals surface area contributed by atoms with Gasteiger partial charge in [0.25, 0.3) is 0 Å². The van der Waals surface area contributed by atoms with Gasteiger partial charge < -0.3 is 0 Å². The molecule has 2 heteroatoms. The van der Waals surface area contributed by atoms with Crippen LogP contribution >= 0.6 is 21.6 Å². The van der Waals surface area contributed by atoms with E-state index in [1.165, 1.54) is 25.0 Å². The minimum Gasteiger partial charge on any atom is -0.0938 e. The summed E-state index contributed by atoms with van der Waals surface area (Å²) in [4.78, 5) is 0. The Bertz CT molecular complexity index is 57.5. The lowest BCUT2D eigenvalue weighted by Gasteiger charge is -2.01. The van der Waals surface area contributed by atoms with E-state index in [9.17, 15) is 0 Å². The van der Waals surface area contributed by atoms with Crippen molar-refractivity contribution < 1.29 is 0 Å². The molecule has 8 heavy (non-hydrogen) atoms. The van der Waals surface area contributed by atoms with Gasteiger partial charge in [-0.2, -0.15) is 0 Å². The van der Waals surface area contributed by atoms with Crippen LogP contribution in [-0.4, -0.2) is 11.0 Å². The molecular weight excluding hydrogens is 136 g/mol. The summed E-state index contributed by atoms with van der Waals surface area (Å²) in [6, 6.07) is 0. The smallest absolute Gasteiger partial charge is 0.0159 e. The molecule has 0 N–H and O–H groups in total. The SMILES string of the molecule is CCCC1CCSS1. The molecule has 0 spiro atoms. The Morgan fingerprint density at radius 2 is 2.50 bits per heavy atom. The van der Waals surface area contributed by atoms with Crippen LogP contribution in [0.4, 0.5) is 0 Å². The molecule has 1 rings (SSSR count). The molecule has 48 valence electrons. The van der Waals surface area contributed by atoms with Gasteiger partial charge >= 0.3 is 0 Å². The monoisotopic (exact) mass is 148 g/mol. The van der Waals surface area contributed by atoms with Crippen molar-refractivity contribution in [3.05, 3.63) is 0 Å². The Kier molecular flexibility index (Phi) is 3.13. The summed E-state index contributed by atoms with van der Waals surface area (Å²) >= 11 is 0. The van der Waals surface area contributed by atoms with Gasteiger partial charge in [0, 0.05) is 11.0 Å². The van der Waals surface area contributed by atoms with Gasteiger partial charge in [0.15, 0.2) is 0 Å². The number of hydrogen-bond acceptors (Lipinski definition) is 2. The zero-order valence-electron chi connectivity index (χ0n) is 5.22. The van der Waals surface area contributed by atoms with Gasteiger partial charge in [0.1, 0.15) is 0 Å². The van der Waals surface area contributed by atoms with Crippen LogP contribution in [-0.2, 0) is 0 Å². The van der Waals surface area contributed by atoms with Gasteiger partial charge in [-0.3, -0.25) is 0 Å². The van der Waals surface area contributed by atoms with E-state index < -0.39 is 0 Å². The van der Waals surface area contributed by atoms with Crippen molar-refractivity contribution >= 4 is 21.6 Å². The third kappa shape index (κ3) is 1.90. The minimum absolute atomic E-state index is 0.991. The van der Waals surface area contributed by atoms with Crippen LogP contribution in [0.5, 0.6) is 0 Å². The van der Waals surface area contributed by atoms with E-state index >= 15 is 0 Å². The Hall–Kier alpha value is 0.700. The van der Waals surface area contributed by atoms with Crippen molar-refractivity contribution in [2.24, 2.45) is 0 Å². The molecule has 1 aliphatic rings. The topological polar surface area (TPSA) is 0 Å². The largest absolute Gasteiger partial charge is 0.0938 e. The van der Waals surface area contributed by atoms with Crippen molar-refractivity contribution in [1.29, 1.82) is 0 Å². The van der Waals surface area contributed by atoms with E-state index in [4.69, 9.17) is 0 Å². The summed E-state index contributed by atoms with van der Waals surface area (Å²) in [5, 5.41) is 0.991. The zero-order valence-corrected chi connectivity index (χ0v) is 6.86. The fourth-order valence-electron chi connectivity index (χ4n) is 0.886. The predicted octanol–water partition coefficient (Wildman–Crippen LogP) is 2.94. The molecule has 0 radical (unpaired) electrons. The maximum absolute atomic E-state index is 2.27. The average molecular weight is 148 g/mol. The molecule has 0 saturated carbocycles. The van der Waals surface area contributed by atoms with Crippen molar-refractivity contribution in [3.8, 4) is 0 Å². The zero-order chi connectivity index (χ0) is 5.82. The summed E-state index contributed by atoms with van der Waals surface area (Å²) in [6.45, 7) is 2.27. The predicted molar refractivity (Wildman–Crippen MR) is 43.4 cm³/mol. The van der Waals surface area contributed by atoms with E-state index in [0.29, 0.717) is 0 Å². The molecule has 0 bridgehead atoms. The number of rotatable bonds is 2. The van der Waals surface area contributed by atoms with E-state index in [0.717, 1.165) is 5.25 Å². The van der Waals surface area contributed by atoms with Gasteiger partial charge in [-0.25, -0.2) is 0 Å². The second kappa shape index (κ2) is 3.67. The van der Waals surface area contributed by atoms with Crippen molar-refractivity contribution in [2.45, 2.75) is 31.4 Å². The highest BCUT2D eigenvalue weighted by Gasteiger charge is 2.14. The van der Waals surface area contributed by atoms with Crippen LogP contribution in [0.2, 0.25) is 0 Å². The molecule has 0 aliphatic carbocycles. The van der Waals surface area contributed by atoms with Crippen LogP contribution in [0, 0.1) is 0 Å². The summed E-state index contributed by atoms with van der Waals surface area (Å²) in [7, 11) is 4.12. The normalized spacial score (nSPS) is 28.9. The number of hydrogen-bond donors (Lipinski definition) is 0. The lowest BCUT2D eigenvalue weighted by molar-refractivity contribution is 0.732. The minimum atomic E-state index is 0.991. The second-order valence-electron chi connectivity index (χ2n) is 2.12. The highest BCUT2D eigenvalue weighted by molar-refractivity contribution is 8.77. The standard InChI is InChI=1S/C6H12S2/c1-2-3-6-4-5-7-8-6/h6H,2-5H2,1H3. The van der Waals surface area contributed by atoms with E-state index in [-0.39, 0.29) is 0 Å². The van der Waals surface area contributed by atoms with Crippen LogP contribution in [0.1, 0.15) is 26.2 Å². The Morgan fingerprint density at radius 1 is 1.62 bits per heavy atom. The highest BCUT2D eigenvalue weighted by Crippen LogP contribution is 2.39. The Balaban J connectivity index is 2.06. The van der Waals surface area contributed by atoms with Gasteiger partial charge in [0.2, 0.25) is 0 Å². The molecule has 1 unspecified atom stereocenters. The fourth-order valence-corrected chi connectivity index (χ4v) is 3.98. The first kappa shape index (κ1) is 6.81. The van der Waals surface area contributed by atoms with E-state index in [1.807, 2.05) is 10.8 Å². The third-order valence-electron chi connectivity index (χ3n) is 1.34. The molecule has 0 aromatic rings. The molecule has 1 atom stereocenters. The molecule has 1 saturated heterocycles. The van der Waals surface area contributed by atoms with Gasteiger partial charge in [0.05, 0.1) is 0 Å². The molecule has 0 aromatic carbocycles. The molecule has 1 aliphatic heterocycles. The van der Waals surface area contributed by atoms with Gasteiger partial charge in [-0.1, -0.05) is 34.9 Å².